The van der Waals surface area contributed by atoms with Gasteiger partial charge in [-0.25, -0.2) is 0 Å². The van der Waals surface area contributed by atoms with Gasteiger partial charge in [0, 0.05) is 57.7 Å². The summed E-state index contributed by atoms with van der Waals surface area (Å²) in [6, 6.07) is 24.6. The first-order valence-corrected chi connectivity index (χ1v) is 18.2. The third kappa shape index (κ3) is 5.65. The highest BCUT2D eigenvalue weighted by Crippen LogP contribution is 2.43. The lowest BCUT2D eigenvalue weighted by molar-refractivity contribution is 0.105. The van der Waals surface area contributed by atoms with Crippen LogP contribution in [-0.2, 0) is 11.3 Å². The summed E-state index contributed by atoms with van der Waals surface area (Å²) < 4.78 is 9.29. The number of thioether (sulfide) groups is 1. The van der Waals surface area contributed by atoms with E-state index in [-0.39, 0.29) is 17.3 Å². The van der Waals surface area contributed by atoms with Crippen molar-refractivity contribution in [2.45, 2.75) is 52.0 Å². The molecule has 1 aromatic heterocycles. The van der Waals surface area contributed by atoms with E-state index in [1.54, 1.807) is 16.3 Å². The topological polar surface area (TPSA) is 51.5 Å². The third-order valence-electron chi connectivity index (χ3n) is 9.20. The minimum atomic E-state index is -0.241. The van der Waals surface area contributed by atoms with Gasteiger partial charge >= 0.3 is 0 Å². The predicted octanol–water partition coefficient (Wildman–Crippen LogP) is 8.02. The van der Waals surface area contributed by atoms with E-state index < -0.39 is 0 Å². The van der Waals surface area contributed by atoms with Gasteiger partial charge in [0.1, 0.15) is 20.7 Å². The number of hydrogen-bond acceptors (Lipinski definition) is 6. The van der Waals surface area contributed by atoms with Crippen molar-refractivity contribution < 1.29 is 9.53 Å². The molecule has 0 fully saturated rings. The molecule has 48 heavy (non-hydrogen) atoms. The fourth-order valence-electron chi connectivity index (χ4n) is 6.91. The maximum Gasteiger partial charge on any atom is 0.269 e. The van der Waals surface area contributed by atoms with Crippen LogP contribution in [-0.4, -0.2) is 23.4 Å². The molecule has 0 saturated carbocycles. The van der Waals surface area contributed by atoms with Crippen LogP contribution in [0.3, 0.4) is 0 Å². The van der Waals surface area contributed by atoms with Gasteiger partial charge in [-0.1, -0.05) is 72.4 Å². The van der Waals surface area contributed by atoms with Crippen LogP contribution in [0.4, 0.5) is 5.69 Å². The first-order chi connectivity index (χ1) is 23.3. The molecule has 4 aromatic rings. The molecule has 0 saturated heterocycles. The zero-order chi connectivity index (χ0) is 33.5. The molecule has 1 atom stereocenters. The minimum absolute atomic E-state index is 0.0139. The van der Waals surface area contributed by atoms with Crippen molar-refractivity contribution in [1.29, 1.82) is 0 Å². The monoisotopic (exact) mass is 670 g/mol. The summed E-state index contributed by atoms with van der Waals surface area (Å²) in [5, 5.41) is 0. The summed E-state index contributed by atoms with van der Waals surface area (Å²) in [5.74, 6) is 1.13. The van der Waals surface area contributed by atoms with Gasteiger partial charge in [-0.2, -0.15) is 0 Å². The highest BCUT2D eigenvalue weighted by molar-refractivity contribution is 8.03. The first kappa shape index (κ1) is 32.0. The van der Waals surface area contributed by atoms with Crippen LogP contribution in [0.15, 0.2) is 123 Å². The van der Waals surface area contributed by atoms with E-state index in [1.807, 2.05) is 68.5 Å². The fraction of sp³-hybridized carbons (Fsp3) is 0.220. The van der Waals surface area contributed by atoms with E-state index >= 15 is 0 Å². The summed E-state index contributed by atoms with van der Waals surface area (Å²) in [6.45, 7) is 12.8. The maximum absolute atomic E-state index is 14.1. The quantitative estimate of drug-likeness (QED) is 0.208. The number of hydrogen-bond donors (Lipinski definition) is 0. The van der Waals surface area contributed by atoms with Crippen LogP contribution in [0.1, 0.15) is 67.6 Å². The van der Waals surface area contributed by atoms with Crippen LogP contribution in [0, 0.1) is 0 Å². The minimum Gasteiger partial charge on any atom is -0.462 e. The molecule has 0 spiro atoms. The molecule has 0 bridgehead atoms. The van der Waals surface area contributed by atoms with Gasteiger partial charge in [0.2, 0.25) is 0 Å². The summed E-state index contributed by atoms with van der Waals surface area (Å²) in [5.41, 5.74) is 7.76. The highest BCUT2D eigenvalue weighted by Gasteiger charge is 2.37. The molecule has 0 radical (unpaired) electrons. The normalized spacial score (nSPS) is 20.1. The van der Waals surface area contributed by atoms with Gasteiger partial charge < -0.3 is 9.64 Å². The van der Waals surface area contributed by atoms with Gasteiger partial charge in [-0.3, -0.25) is 14.2 Å². The number of rotatable bonds is 6. The summed E-state index contributed by atoms with van der Waals surface area (Å²) in [7, 11) is 0. The first-order valence-electron chi connectivity index (χ1n) is 16.5. The molecule has 1 aliphatic carbocycles. The molecular weight excluding hydrogens is 633 g/mol. The number of nitrogens with zero attached hydrogens (tertiary/aromatic N) is 2. The molecule has 0 N–H and O–H groups in total. The van der Waals surface area contributed by atoms with E-state index in [1.165, 1.54) is 33.1 Å². The van der Waals surface area contributed by atoms with E-state index in [9.17, 15) is 9.59 Å². The number of Topliss-reactive ketones (excluding diaryl/α,β-unsaturated/α-hetero) is 1. The van der Waals surface area contributed by atoms with Crippen LogP contribution in [0.5, 0.6) is 0 Å². The highest BCUT2D eigenvalue weighted by atomic mass is 32.2. The Morgan fingerprint density at radius 1 is 0.875 bits per heavy atom. The Morgan fingerprint density at radius 2 is 1.62 bits per heavy atom. The Morgan fingerprint density at radius 3 is 2.38 bits per heavy atom. The number of allylic oxidation sites excluding steroid dienone is 6. The number of ketones is 1. The average molecular weight is 671 g/mol. The molecule has 3 heterocycles. The molecule has 2 aliphatic heterocycles. The van der Waals surface area contributed by atoms with Crippen LogP contribution in [0.25, 0.3) is 16.7 Å². The lowest BCUT2D eigenvalue weighted by atomic mass is 9.90. The molecule has 0 amide bonds. The number of ether oxygens (including phenoxy) is 1. The maximum atomic E-state index is 14.1. The van der Waals surface area contributed by atoms with Crippen LogP contribution in [0.2, 0.25) is 0 Å². The Kier molecular flexibility index (Phi) is 8.75. The SMILES string of the molecule is CCN(CC)c1ccc2c(c1)SC(=CC1=CC(=c3sc(=C4C(=O)c5ccccc5C4c4ccccc4)n(CC)c3=O)C=C(C)O1)C=C2C. The number of anilines is 1. The van der Waals surface area contributed by atoms with Gasteiger partial charge in [-0.05, 0) is 93.3 Å². The van der Waals surface area contributed by atoms with Crippen molar-refractivity contribution in [2.24, 2.45) is 0 Å². The second kappa shape index (κ2) is 13.1. The van der Waals surface area contributed by atoms with Gasteiger partial charge in [0.15, 0.2) is 5.78 Å². The standard InChI is InChI=1S/C41H38N2O3S2/c1-6-42(7-2)29-18-19-32-25(4)20-31(47-35(32)23-29)24-30-22-28(21-26(5)46-30)39-40(45)43(8-3)41(48-39)37-36(27-14-10-9-11-15-27)33-16-12-13-17-34(33)38(37)44/h9-24,36H,6-8H2,1-5H3. The van der Waals surface area contributed by atoms with E-state index in [4.69, 9.17) is 4.74 Å². The number of thiazole rings is 1. The second-order valence-corrected chi connectivity index (χ2v) is 14.3. The molecule has 1 unspecified atom stereocenters. The number of carbonyl (C=O) groups excluding carboxylic acids is 1. The molecule has 3 aliphatic rings. The third-order valence-corrected chi connectivity index (χ3v) is 11.5. The molecule has 5 nitrogen and oxygen atoms in total. The van der Waals surface area contributed by atoms with Crippen molar-refractivity contribution in [3.05, 3.63) is 155 Å². The lowest BCUT2D eigenvalue weighted by Crippen LogP contribution is -2.33. The number of carbonyl (C=O) groups is 1. The number of benzene rings is 3. The zero-order valence-corrected chi connectivity index (χ0v) is 29.5. The summed E-state index contributed by atoms with van der Waals surface area (Å²) in [6.07, 6.45) is 8.12. The van der Waals surface area contributed by atoms with Crippen molar-refractivity contribution in [1.82, 2.24) is 4.57 Å². The Balaban J connectivity index is 1.36. The predicted molar refractivity (Wildman–Crippen MR) is 200 cm³/mol. The van der Waals surface area contributed by atoms with E-state index in [2.05, 4.69) is 68.2 Å². The smallest absolute Gasteiger partial charge is 0.269 e. The van der Waals surface area contributed by atoms with Gasteiger partial charge in [-0.15, -0.1) is 11.3 Å². The van der Waals surface area contributed by atoms with Crippen LogP contribution < -0.4 is 19.7 Å². The largest absolute Gasteiger partial charge is 0.462 e. The molecular formula is C41H38N2O3S2. The molecule has 3 aromatic carbocycles. The molecule has 7 heteroatoms. The Bertz CT molecular complexity index is 2260. The second-order valence-electron chi connectivity index (χ2n) is 12.1. The fourth-order valence-corrected chi connectivity index (χ4v) is 9.36. The van der Waals surface area contributed by atoms with Gasteiger partial charge in [0.25, 0.3) is 5.56 Å². The summed E-state index contributed by atoms with van der Waals surface area (Å²) in [4.78, 5) is 32.8. The average Bonchev–Trinajstić information content (AvgIpc) is 3.58. The van der Waals surface area contributed by atoms with Crippen molar-refractivity contribution in [3.8, 4) is 0 Å². The number of aromatic nitrogens is 1. The van der Waals surface area contributed by atoms with Crippen LogP contribution >= 0.6 is 23.1 Å². The van der Waals surface area contributed by atoms with Crippen molar-refractivity contribution in [3.63, 3.8) is 0 Å². The molecule has 242 valence electrons. The Hall–Kier alpha value is -4.59. The lowest BCUT2D eigenvalue weighted by Gasteiger charge is -2.24. The van der Waals surface area contributed by atoms with Gasteiger partial charge in [0.05, 0.1) is 0 Å². The van der Waals surface area contributed by atoms with Crippen molar-refractivity contribution in [2.75, 3.05) is 18.0 Å². The van der Waals surface area contributed by atoms with Crippen molar-refractivity contribution >= 4 is 51.3 Å². The zero-order valence-electron chi connectivity index (χ0n) is 27.9. The number of fused-ring (bicyclic) bond motifs is 2. The Labute approximate surface area is 289 Å². The summed E-state index contributed by atoms with van der Waals surface area (Å²) >= 11 is 3.14. The molecule has 7 rings (SSSR count). The van der Waals surface area contributed by atoms with E-state index in [0.29, 0.717) is 38.4 Å². The van der Waals surface area contributed by atoms with E-state index in [0.717, 1.165) is 34.7 Å².